The first-order valence-electron chi connectivity index (χ1n) is 9.88. The molecule has 4 heterocycles. The van der Waals surface area contributed by atoms with Crippen LogP contribution in [0, 0.1) is 11.8 Å². The molecule has 1 amide bonds. The number of carbonyl (C=O) groups is 2. The second-order valence-corrected chi connectivity index (χ2v) is 7.97. The van der Waals surface area contributed by atoms with E-state index in [-0.39, 0.29) is 24.9 Å². The fourth-order valence-electron chi connectivity index (χ4n) is 4.94. The molecule has 0 aromatic heterocycles. The third kappa shape index (κ3) is 3.00. The fourth-order valence-corrected chi connectivity index (χ4v) is 4.94. The molecule has 1 aromatic carbocycles. The van der Waals surface area contributed by atoms with Crippen molar-refractivity contribution in [1.82, 2.24) is 9.80 Å². The highest BCUT2D eigenvalue weighted by Crippen LogP contribution is 2.44. The van der Waals surface area contributed by atoms with Crippen molar-refractivity contribution < 1.29 is 28.9 Å². The number of amides is 1. The number of carboxylic acids is 1. The van der Waals surface area contributed by atoms with Gasteiger partial charge in [-0.3, -0.25) is 14.5 Å². The van der Waals surface area contributed by atoms with E-state index in [4.69, 9.17) is 14.2 Å². The number of rotatable bonds is 4. The van der Waals surface area contributed by atoms with E-state index >= 15 is 0 Å². The summed E-state index contributed by atoms with van der Waals surface area (Å²) in [5, 5.41) is 9.55. The first kappa shape index (κ1) is 17.8. The summed E-state index contributed by atoms with van der Waals surface area (Å²) < 4.78 is 16.5. The Bertz CT molecular complexity index is 791. The number of nitrogens with zero attached hydrogens (tertiary/aromatic N) is 2. The highest BCUT2D eigenvalue weighted by Gasteiger charge is 2.56. The number of hydrogen-bond acceptors (Lipinski definition) is 6. The Morgan fingerprint density at radius 2 is 1.71 bits per heavy atom. The largest absolute Gasteiger partial charge is 0.481 e. The molecule has 8 nitrogen and oxygen atoms in total. The molecule has 4 aliphatic heterocycles. The van der Waals surface area contributed by atoms with Crippen LogP contribution in [0.25, 0.3) is 0 Å². The first-order chi connectivity index (χ1) is 13.6. The molecule has 2 bridgehead atoms. The third-order valence-electron chi connectivity index (χ3n) is 6.37. The molecule has 4 atom stereocenters. The van der Waals surface area contributed by atoms with Crippen LogP contribution in [0.5, 0.6) is 11.5 Å². The molecular formula is C20H24N2O6. The van der Waals surface area contributed by atoms with Gasteiger partial charge < -0.3 is 24.2 Å². The minimum Gasteiger partial charge on any atom is -0.481 e. The number of fused-ring (bicyclic) bond motifs is 3. The molecule has 150 valence electrons. The number of aliphatic carboxylic acids is 1. The van der Waals surface area contributed by atoms with Crippen LogP contribution in [-0.2, 0) is 20.9 Å². The van der Waals surface area contributed by atoms with Gasteiger partial charge >= 0.3 is 5.97 Å². The van der Waals surface area contributed by atoms with Crippen molar-refractivity contribution in [2.24, 2.45) is 11.8 Å². The first-order valence-corrected chi connectivity index (χ1v) is 9.88. The molecule has 1 N–H and O–H groups in total. The lowest BCUT2D eigenvalue weighted by atomic mass is 9.78. The van der Waals surface area contributed by atoms with E-state index in [1.165, 1.54) is 0 Å². The van der Waals surface area contributed by atoms with Crippen molar-refractivity contribution in [3.63, 3.8) is 0 Å². The molecule has 3 fully saturated rings. The molecule has 0 saturated carbocycles. The lowest BCUT2D eigenvalue weighted by molar-refractivity contribution is -0.151. The average Bonchev–Trinajstić information content (AvgIpc) is 3.43. The maximum atomic E-state index is 13.0. The second kappa shape index (κ2) is 6.93. The summed E-state index contributed by atoms with van der Waals surface area (Å²) >= 11 is 0. The van der Waals surface area contributed by atoms with Crippen LogP contribution in [0.15, 0.2) is 18.2 Å². The molecule has 1 aromatic rings. The Labute approximate surface area is 162 Å². The Kier molecular flexibility index (Phi) is 4.40. The zero-order valence-electron chi connectivity index (χ0n) is 15.6. The minimum absolute atomic E-state index is 0.0534. The van der Waals surface area contributed by atoms with Crippen LogP contribution in [-0.4, -0.2) is 72.0 Å². The van der Waals surface area contributed by atoms with Crippen LogP contribution >= 0.6 is 0 Å². The van der Waals surface area contributed by atoms with Gasteiger partial charge in [-0.2, -0.15) is 0 Å². The Hall–Kier alpha value is -2.32. The molecule has 4 aliphatic rings. The van der Waals surface area contributed by atoms with Crippen LogP contribution in [0.4, 0.5) is 0 Å². The summed E-state index contributed by atoms with van der Waals surface area (Å²) in [4.78, 5) is 28.8. The molecule has 0 aliphatic carbocycles. The van der Waals surface area contributed by atoms with E-state index in [1.807, 2.05) is 23.1 Å². The van der Waals surface area contributed by atoms with Crippen LogP contribution in [0.1, 0.15) is 18.4 Å². The van der Waals surface area contributed by atoms with Crippen molar-refractivity contribution in [3.8, 4) is 11.5 Å². The van der Waals surface area contributed by atoms with Crippen molar-refractivity contribution in [2.45, 2.75) is 31.6 Å². The van der Waals surface area contributed by atoms with Gasteiger partial charge in [0.05, 0.1) is 24.0 Å². The number of ether oxygens (including phenoxy) is 3. The number of benzene rings is 1. The van der Waals surface area contributed by atoms with E-state index in [1.54, 1.807) is 0 Å². The van der Waals surface area contributed by atoms with E-state index in [9.17, 15) is 14.7 Å². The maximum absolute atomic E-state index is 13.0. The Morgan fingerprint density at radius 3 is 2.46 bits per heavy atom. The molecule has 0 spiro atoms. The van der Waals surface area contributed by atoms with Gasteiger partial charge in [-0.1, -0.05) is 6.07 Å². The number of hydrogen-bond donors (Lipinski definition) is 1. The summed E-state index contributed by atoms with van der Waals surface area (Å²) in [6.07, 6.45) is 0.998. The molecule has 0 unspecified atom stereocenters. The fraction of sp³-hybridized carbons (Fsp3) is 0.600. The van der Waals surface area contributed by atoms with Gasteiger partial charge in [0.15, 0.2) is 11.5 Å². The van der Waals surface area contributed by atoms with Gasteiger partial charge in [0.25, 0.3) is 0 Å². The van der Waals surface area contributed by atoms with E-state index in [0.29, 0.717) is 13.1 Å². The standard InChI is InChI=1S/C20H24N2O6/c23-19(17-14-3-4-15(28-14)18(17)20(24)25)22-7-5-21(6-8-22)10-12-1-2-13-16(9-12)27-11-26-13/h1-2,9,14-15,17-18H,3-8,10-11H2,(H,24,25)/t14-,15-,17-,18-/m0/s1. The van der Waals surface area contributed by atoms with Crippen LogP contribution in [0.3, 0.4) is 0 Å². The molecule has 0 radical (unpaired) electrons. The lowest BCUT2D eigenvalue weighted by Crippen LogP contribution is -2.53. The van der Waals surface area contributed by atoms with E-state index in [0.717, 1.165) is 49.5 Å². The molecule has 3 saturated heterocycles. The van der Waals surface area contributed by atoms with Gasteiger partial charge in [-0.05, 0) is 30.5 Å². The summed E-state index contributed by atoms with van der Waals surface area (Å²) in [5.74, 6) is -0.633. The van der Waals surface area contributed by atoms with Crippen molar-refractivity contribution in [1.29, 1.82) is 0 Å². The van der Waals surface area contributed by atoms with Gasteiger partial charge in [-0.15, -0.1) is 0 Å². The van der Waals surface area contributed by atoms with Crippen LogP contribution < -0.4 is 9.47 Å². The zero-order valence-corrected chi connectivity index (χ0v) is 15.6. The van der Waals surface area contributed by atoms with Crippen molar-refractivity contribution in [2.75, 3.05) is 33.0 Å². The van der Waals surface area contributed by atoms with Crippen LogP contribution in [0.2, 0.25) is 0 Å². The van der Waals surface area contributed by atoms with Gasteiger partial charge in [0.2, 0.25) is 12.7 Å². The summed E-state index contributed by atoms with van der Waals surface area (Å²) in [6.45, 7) is 3.81. The smallest absolute Gasteiger partial charge is 0.310 e. The zero-order chi connectivity index (χ0) is 19.3. The molecule has 8 heteroatoms. The molecule has 28 heavy (non-hydrogen) atoms. The van der Waals surface area contributed by atoms with E-state index in [2.05, 4.69) is 4.90 Å². The number of carboxylic acid groups (broad SMARTS) is 1. The highest BCUT2D eigenvalue weighted by molar-refractivity contribution is 5.86. The summed E-state index contributed by atoms with van der Waals surface area (Å²) in [7, 11) is 0. The van der Waals surface area contributed by atoms with Crippen molar-refractivity contribution >= 4 is 11.9 Å². The monoisotopic (exact) mass is 388 g/mol. The highest BCUT2D eigenvalue weighted by atomic mass is 16.7. The predicted molar refractivity (Wildman–Crippen MR) is 96.9 cm³/mol. The van der Waals surface area contributed by atoms with Gasteiger partial charge in [-0.25, -0.2) is 0 Å². The minimum atomic E-state index is -0.910. The summed E-state index contributed by atoms with van der Waals surface area (Å²) in [6, 6.07) is 5.97. The van der Waals surface area contributed by atoms with E-state index < -0.39 is 17.8 Å². The molecular weight excluding hydrogens is 364 g/mol. The predicted octanol–water partition coefficient (Wildman–Crippen LogP) is 0.938. The average molecular weight is 388 g/mol. The normalized spacial score (nSPS) is 31.4. The summed E-state index contributed by atoms with van der Waals surface area (Å²) in [5.41, 5.74) is 1.15. The van der Waals surface area contributed by atoms with Gasteiger partial charge in [0.1, 0.15) is 0 Å². The quantitative estimate of drug-likeness (QED) is 0.821. The van der Waals surface area contributed by atoms with Crippen molar-refractivity contribution in [3.05, 3.63) is 23.8 Å². The second-order valence-electron chi connectivity index (χ2n) is 7.97. The Balaban J connectivity index is 1.19. The Morgan fingerprint density at radius 1 is 1.00 bits per heavy atom. The number of piperazine rings is 1. The molecule has 5 rings (SSSR count). The van der Waals surface area contributed by atoms with Gasteiger partial charge in [0, 0.05) is 32.7 Å². The maximum Gasteiger partial charge on any atom is 0.310 e. The number of carbonyl (C=O) groups excluding carboxylic acids is 1. The third-order valence-corrected chi connectivity index (χ3v) is 6.37. The topological polar surface area (TPSA) is 88.5 Å². The lowest BCUT2D eigenvalue weighted by Gasteiger charge is -2.37. The SMILES string of the molecule is O=C(O)[C@@H]1[C@@H](C(=O)N2CCN(Cc3ccc4c(c3)OCO4)CC2)[C@@H]2CC[C@@H]1O2.